The van der Waals surface area contributed by atoms with Gasteiger partial charge in [-0.2, -0.15) is 0 Å². The maximum absolute atomic E-state index is 12.3. The monoisotopic (exact) mass is 328 g/mol. The molecule has 0 saturated carbocycles. The van der Waals surface area contributed by atoms with Crippen LogP contribution in [0.4, 0.5) is 5.69 Å². The zero-order valence-corrected chi connectivity index (χ0v) is 11.5. The quantitative estimate of drug-likeness (QED) is 0.693. The number of anilines is 1. The maximum atomic E-state index is 12.3. The molecular formula is C12H13BrN2O4. The maximum Gasteiger partial charge on any atom is 0.326 e. The minimum atomic E-state index is -1.12. The average molecular weight is 329 g/mol. The van der Waals surface area contributed by atoms with E-state index in [0.717, 1.165) is 4.90 Å². The molecule has 1 aromatic rings. The summed E-state index contributed by atoms with van der Waals surface area (Å²) in [4.78, 5) is 24.5. The normalized spacial score (nSPS) is 22.5. The second-order valence-corrected chi connectivity index (χ2v) is 5.39. The predicted molar refractivity (Wildman–Crippen MR) is 71.6 cm³/mol. The van der Waals surface area contributed by atoms with Crippen molar-refractivity contribution in [2.24, 2.45) is 0 Å². The lowest BCUT2D eigenvalue weighted by molar-refractivity contribution is -0.141. The van der Waals surface area contributed by atoms with Crippen molar-refractivity contribution in [1.82, 2.24) is 4.90 Å². The number of carbonyl (C=O) groups is 2. The third kappa shape index (κ3) is 2.87. The first-order valence-electron chi connectivity index (χ1n) is 5.66. The van der Waals surface area contributed by atoms with Crippen LogP contribution in [0.1, 0.15) is 16.8 Å². The van der Waals surface area contributed by atoms with Gasteiger partial charge in [-0.25, -0.2) is 4.79 Å². The molecule has 2 rings (SSSR count). The third-order valence-electron chi connectivity index (χ3n) is 2.99. The van der Waals surface area contributed by atoms with E-state index in [1.807, 2.05) is 0 Å². The Morgan fingerprint density at radius 2 is 2.05 bits per heavy atom. The van der Waals surface area contributed by atoms with Crippen molar-refractivity contribution >= 4 is 33.5 Å². The van der Waals surface area contributed by atoms with Crippen molar-refractivity contribution in [3.8, 4) is 0 Å². The number of aliphatic carboxylic acids is 1. The Balaban J connectivity index is 2.30. The number of hydrogen-bond acceptors (Lipinski definition) is 4. The number of nitrogens with zero attached hydrogens (tertiary/aromatic N) is 1. The molecule has 7 heteroatoms. The SMILES string of the molecule is Nc1cc(Br)cc(C(=O)N2CC(O)CC2C(=O)O)c1. The molecule has 19 heavy (non-hydrogen) atoms. The van der Waals surface area contributed by atoms with Crippen LogP contribution in [0.5, 0.6) is 0 Å². The van der Waals surface area contributed by atoms with E-state index >= 15 is 0 Å². The Morgan fingerprint density at radius 3 is 2.63 bits per heavy atom. The van der Waals surface area contributed by atoms with Crippen molar-refractivity contribution in [3.63, 3.8) is 0 Å². The van der Waals surface area contributed by atoms with Crippen LogP contribution < -0.4 is 5.73 Å². The number of hydrogen-bond donors (Lipinski definition) is 3. The van der Waals surface area contributed by atoms with Crippen LogP contribution in [0.2, 0.25) is 0 Å². The van der Waals surface area contributed by atoms with E-state index in [1.165, 1.54) is 6.07 Å². The van der Waals surface area contributed by atoms with Gasteiger partial charge in [0, 0.05) is 28.7 Å². The molecule has 1 heterocycles. The molecule has 4 N–H and O–H groups in total. The van der Waals surface area contributed by atoms with E-state index in [4.69, 9.17) is 10.8 Å². The summed E-state index contributed by atoms with van der Waals surface area (Å²) in [5.74, 6) is -1.56. The summed E-state index contributed by atoms with van der Waals surface area (Å²) in [6.07, 6.45) is -0.764. The lowest BCUT2D eigenvalue weighted by Gasteiger charge is -2.21. The summed E-state index contributed by atoms with van der Waals surface area (Å²) < 4.78 is 0.641. The highest BCUT2D eigenvalue weighted by Crippen LogP contribution is 2.24. The average Bonchev–Trinajstić information content (AvgIpc) is 2.69. The van der Waals surface area contributed by atoms with Gasteiger partial charge in [0.05, 0.1) is 6.10 Å². The lowest BCUT2D eigenvalue weighted by atomic mass is 10.1. The molecule has 2 atom stereocenters. The molecule has 1 amide bonds. The molecule has 0 aromatic heterocycles. The van der Waals surface area contributed by atoms with E-state index in [1.54, 1.807) is 12.1 Å². The Labute approximate surface area is 117 Å². The number of carboxylic acid groups (broad SMARTS) is 1. The standard InChI is InChI=1S/C12H13BrN2O4/c13-7-1-6(2-8(14)3-7)11(17)15-5-9(16)4-10(15)12(18)19/h1-3,9-10,16H,4-5,14H2,(H,18,19). The predicted octanol–water partition coefficient (Wildman–Crippen LogP) is 0.691. The fraction of sp³-hybridized carbons (Fsp3) is 0.333. The molecule has 0 radical (unpaired) electrons. The zero-order valence-electron chi connectivity index (χ0n) is 9.91. The summed E-state index contributed by atoms with van der Waals surface area (Å²) in [6.45, 7) is 0.0161. The first kappa shape index (κ1) is 13.8. The number of rotatable bonds is 2. The number of nitrogen functional groups attached to an aromatic ring is 1. The van der Waals surface area contributed by atoms with Crippen LogP contribution in [-0.2, 0) is 4.79 Å². The van der Waals surface area contributed by atoms with Gasteiger partial charge in [0.25, 0.3) is 5.91 Å². The van der Waals surface area contributed by atoms with Crippen LogP contribution in [-0.4, -0.2) is 45.7 Å². The Bertz CT molecular complexity index is 514. The molecule has 1 saturated heterocycles. The summed E-state index contributed by atoms with van der Waals surface area (Å²) in [6, 6.07) is 3.70. The second kappa shape index (κ2) is 5.18. The summed E-state index contributed by atoms with van der Waals surface area (Å²) in [5.41, 5.74) is 6.36. The number of aliphatic hydroxyl groups excluding tert-OH is 1. The van der Waals surface area contributed by atoms with E-state index in [0.29, 0.717) is 15.7 Å². The molecule has 0 bridgehead atoms. The first-order valence-corrected chi connectivity index (χ1v) is 6.45. The smallest absolute Gasteiger partial charge is 0.326 e. The van der Waals surface area contributed by atoms with E-state index < -0.39 is 24.0 Å². The third-order valence-corrected chi connectivity index (χ3v) is 3.45. The highest BCUT2D eigenvalue weighted by molar-refractivity contribution is 9.10. The fourth-order valence-corrected chi connectivity index (χ4v) is 2.68. The molecule has 1 aromatic carbocycles. The number of likely N-dealkylation sites (tertiary alicyclic amines) is 1. The largest absolute Gasteiger partial charge is 0.480 e. The highest BCUT2D eigenvalue weighted by atomic mass is 79.9. The van der Waals surface area contributed by atoms with E-state index in [9.17, 15) is 14.7 Å². The van der Waals surface area contributed by atoms with Gasteiger partial charge in [-0.3, -0.25) is 4.79 Å². The molecule has 1 fully saturated rings. The molecule has 0 spiro atoms. The van der Waals surface area contributed by atoms with Gasteiger partial charge in [-0.05, 0) is 18.2 Å². The van der Waals surface area contributed by atoms with Gasteiger partial charge in [0.1, 0.15) is 6.04 Å². The fourth-order valence-electron chi connectivity index (χ4n) is 2.17. The van der Waals surface area contributed by atoms with Crippen LogP contribution in [0, 0.1) is 0 Å². The lowest BCUT2D eigenvalue weighted by Crippen LogP contribution is -2.40. The van der Waals surface area contributed by atoms with Crippen molar-refractivity contribution in [1.29, 1.82) is 0 Å². The van der Waals surface area contributed by atoms with Gasteiger partial charge < -0.3 is 20.8 Å². The van der Waals surface area contributed by atoms with Gasteiger partial charge >= 0.3 is 5.97 Å². The van der Waals surface area contributed by atoms with E-state index in [-0.39, 0.29) is 13.0 Å². The molecule has 1 aliphatic heterocycles. The molecule has 1 aliphatic rings. The summed E-state index contributed by atoms with van der Waals surface area (Å²) in [5, 5.41) is 18.6. The van der Waals surface area contributed by atoms with Crippen LogP contribution >= 0.6 is 15.9 Å². The molecule has 2 unspecified atom stereocenters. The van der Waals surface area contributed by atoms with Crippen LogP contribution in [0.25, 0.3) is 0 Å². The Morgan fingerprint density at radius 1 is 1.37 bits per heavy atom. The summed E-state index contributed by atoms with van der Waals surface area (Å²) >= 11 is 3.23. The molecular weight excluding hydrogens is 316 g/mol. The number of β-amino-alcohol motifs (C(OH)–C–C–N with tert-alkyl or cyclic N) is 1. The number of amides is 1. The number of aliphatic hydroxyl groups is 1. The molecule has 102 valence electrons. The first-order chi connectivity index (χ1) is 8.88. The van der Waals surface area contributed by atoms with Gasteiger partial charge in [0.2, 0.25) is 0 Å². The van der Waals surface area contributed by atoms with Gasteiger partial charge in [-0.15, -0.1) is 0 Å². The number of carbonyl (C=O) groups excluding carboxylic acids is 1. The van der Waals surface area contributed by atoms with Gasteiger partial charge in [-0.1, -0.05) is 15.9 Å². The number of nitrogens with two attached hydrogens (primary N) is 1. The molecule has 6 nitrogen and oxygen atoms in total. The van der Waals surface area contributed by atoms with Crippen molar-refractivity contribution in [2.45, 2.75) is 18.6 Å². The topological polar surface area (TPSA) is 104 Å². The highest BCUT2D eigenvalue weighted by Gasteiger charge is 2.39. The minimum absolute atomic E-state index is 0.0161. The van der Waals surface area contributed by atoms with Crippen molar-refractivity contribution < 1.29 is 19.8 Å². The van der Waals surface area contributed by atoms with Crippen LogP contribution in [0.3, 0.4) is 0 Å². The van der Waals surface area contributed by atoms with E-state index in [2.05, 4.69) is 15.9 Å². The zero-order chi connectivity index (χ0) is 14.2. The Kier molecular flexibility index (Phi) is 3.77. The Hall–Kier alpha value is -1.60. The summed E-state index contributed by atoms with van der Waals surface area (Å²) in [7, 11) is 0. The minimum Gasteiger partial charge on any atom is -0.480 e. The second-order valence-electron chi connectivity index (χ2n) is 4.47. The van der Waals surface area contributed by atoms with Crippen LogP contribution in [0.15, 0.2) is 22.7 Å². The number of halogens is 1. The molecule has 0 aliphatic carbocycles. The van der Waals surface area contributed by atoms with Crippen molar-refractivity contribution in [3.05, 3.63) is 28.2 Å². The van der Waals surface area contributed by atoms with Gasteiger partial charge in [0.15, 0.2) is 0 Å². The number of benzene rings is 1. The number of carboxylic acids is 1. The van der Waals surface area contributed by atoms with Crippen molar-refractivity contribution in [2.75, 3.05) is 12.3 Å².